The number of nitrogens with zero attached hydrogens (tertiary/aromatic N) is 4. The summed E-state index contributed by atoms with van der Waals surface area (Å²) >= 11 is 6.06. The van der Waals surface area contributed by atoms with Gasteiger partial charge < -0.3 is 9.64 Å². The van der Waals surface area contributed by atoms with E-state index in [1.54, 1.807) is 0 Å². The van der Waals surface area contributed by atoms with Crippen molar-refractivity contribution in [2.24, 2.45) is 0 Å². The topological polar surface area (TPSA) is 41.5 Å². The standard InChI is InChI=1S/C14H19ClN4O/c1-9-16-12(15)4-13(17-9)18-5-11-3-10(18)6-19(11)14(2)7-20-8-14/h4,10-11H,3,5-8H2,1-2H3/t10-,11-/m0/s1. The fourth-order valence-corrected chi connectivity index (χ4v) is 4.06. The molecule has 1 aromatic rings. The first-order chi connectivity index (χ1) is 9.55. The van der Waals surface area contributed by atoms with Gasteiger partial charge in [0.05, 0.1) is 18.8 Å². The lowest BCUT2D eigenvalue weighted by molar-refractivity contribution is -0.136. The molecule has 3 aliphatic rings. The molecule has 0 N–H and O–H groups in total. The van der Waals surface area contributed by atoms with Crippen LogP contribution in [0.3, 0.4) is 0 Å². The summed E-state index contributed by atoms with van der Waals surface area (Å²) in [7, 11) is 0. The first-order valence-electron chi connectivity index (χ1n) is 7.17. The van der Waals surface area contributed by atoms with Crippen molar-refractivity contribution in [3.05, 3.63) is 17.0 Å². The quantitative estimate of drug-likeness (QED) is 0.773. The molecule has 3 fully saturated rings. The molecular weight excluding hydrogens is 276 g/mol. The number of rotatable bonds is 2. The average Bonchev–Trinajstić information content (AvgIpc) is 2.94. The van der Waals surface area contributed by atoms with Crippen LogP contribution in [0.25, 0.3) is 0 Å². The van der Waals surface area contributed by atoms with Crippen LogP contribution in [0.2, 0.25) is 5.15 Å². The Morgan fingerprint density at radius 1 is 1.30 bits per heavy atom. The van der Waals surface area contributed by atoms with Gasteiger partial charge in [-0.1, -0.05) is 11.6 Å². The Bertz CT molecular complexity index is 528. The lowest BCUT2D eigenvalue weighted by Crippen LogP contribution is -2.64. The molecule has 0 saturated carbocycles. The van der Waals surface area contributed by atoms with Gasteiger partial charge in [0, 0.05) is 31.2 Å². The monoisotopic (exact) mass is 294 g/mol. The molecule has 5 nitrogen and oxygen atoms in total. The van der Waals surface area contributed by atoms with Crippen molar-refractivity contribution in [3.8, 4) is 0 Å². The Hall–Kier alpha value is -0.910. The molecule has 0 aliphatic carbocycles. The van der Waals surface area contributed by atoms with Gasteiger partial charge in [0.1, 0.15) is 16.8 Å². The van der Waals surface area contributed by atoms with Crippen molar-refractivity contribution >= 4 is 17.4 Å². The van der Waals surface area contributed by atoms with E-state index < -0.39 is 0 Å². The number of likely N-dealkylation sites (tertiary alicyclic amines) is 1. The summed E-state index contributed by atoms with van der Waals surface area (Å²) in [5.74, 6) is 1.72. The van der Waals surface area contributed by atoms with Crippen LogP contribution in [0.4, 0.5) is 5.82 Å². The number of halogens is 1. The Balaban J connectivity index is 1.55. The fourth-order valence-electron chi connectivity index (χ4n) is 3.84. The van der Waals surface area contributed by atoms with Gasteiger partial charge in [0.25, 0.3) is 0 Å². The van der Waals surface area contributed by atoms with Crippen molar-refractivity contribution in [1.82, 2.24) is 14.9 Å². The predicted octanol–water partition coefficient (Wildman–Crippen LogP) is 1.49. The second kappa shape index (κ2) is 4.29. The number of fused-ring (bicyclic) bond motifs is 2. The zero-order valence-corrected chi connectivity index (χ0v) is 12.6. The van der Waals surface area contributed by atoms with E-state index in [0.29, 0.717) is 17.2 Å². The van der Waals surface area contributed by atoms with Crippen molar-refractivity contribution in [2.45, 2.75) is 37.9 Å². The van der Waals surface area contributed by atoms with Gasteiger partial charge in [-0.15, -0.1) is 0 Å². The summed E-state index contributed by atoms with van der Waals surface area (Å²) in [6.45, 7) is 8.08. The predicted molar refractivity (Wildman–Crippen MR) is 77.2 cm³/mol. The number of hydrogen-bond acceptors (Lipinski definition) is 5. The van der Waals surface area contributed by atoms with Gasteiger partial charge in [-0.25, -0.2) is 9.97 Å². The average molecular weight is 295 g/mol. The molecular formula is C14H19ClN4O. The summed E-state index contributed by atoms with van der Waals surface area (Å²) in [4.78, 5) is 13.7. The lowest BCUT2D eigenvalue weighted by atomic mass is 9.96. The second-order valence-corrected chi connectivity index (χ2v) is 6.82. The summed E-state index contributed by atoms with van der Waals surface area (Å²) in [6.07, 6.45) is 1.22. The van der Waals surface area contributed by atoms with Crippen LogP contribution >= 0.6 is 11.6 Å². The number of piperazine rings is 1. The van der Waals surface area contributed by atoms with E-state index in [2.05, 4.69) is 26.7 Å². The molecule has 4 heterocycles. The number of hydrogen-bond donors (Lipinski definition) is 0. The Morgan fingerprint density at radius 3 is 2.65 bits per heavy atom. The van der Waals surface area contributed by atoms with Crippen molar-refractivity contribution in [3.63, 3.8) is 0 Å². The molecule has 1 aromatic heterocycles. The van der Waals surface area contributed by atoms with E-state index in [-0.39, 0.29) is 5.54 Å². The summed E-state index contributed by atoms with van der Waals surface area (Å²) in [5.41, 5.74) is 0.255. The smallest absolute Gasteiger partial charge is 0.134 e. The molecule has 0 spiro atoms. The molecule has 0 amide bonds. The molecule has 108 valence electrons. The van der Waals surface area contributed by atoms with E-state index in [1.807, 2.05) is 13.0 Å². The second-order valence-electron chi connectivity index (χ2n) is 6.43. The molecule has 2 atom stereocenters. The van der Waals surface area contributed by atoms with Gasteiger partial charge in [-0.2, -0.15) is 0 Å². The van der Waals surface area contributed by atoms with Crippen LogP contribution in [0.15, 0.2) is 6.07 Å². The normalized spacial score (nSPS) is 31.6. The maximum Gasteiger partial charge on any atom is 0.134 e. The number of aryl methyl sites for hydroxylation is 1. The van der Waals surface area contributed by atoms with E-state index in [4.69, 9.17) is 16.3 Å². The number of anilines is 1. The van der Waals surface area contributed by atoms with E-state index >= 15 is 0 Å². The molecule has 0 radical (unpaired) electrons. The van der Waals surface area contributed by atoms with Gasteiger partial charge in [-0.05, 0) is 20.3 Å². The molecule has 0 unspecified atom stereocenters. The minimum atomic E-state index is 0.255. The molecule has 20 heavy (non-hydrogen) atoms. The first kappa shape index (κ1) is 12.8. The van der Waals surface area contributed by atoms with Crippen LogP contribution < -0.4 is 4.90 Å². The highest BCUT2D eigenvalue weighted by atomic mass is 35.5. The maximum absolute atomic E-state index is 6.06. The fraction of sp³-hybridized carbons (Fsp3) is 0.714. The third-order valence-corrected chi connectivity index (χ3v) is 5.04. The third-order valence-electron chi connectivity index (χ3n) is 4.85. The molecule has 4 rings (SSSR count). The first-order valence-corrected chi connectivity index (χ1v) is 7.55. The van der Waals surface area contributed by atoms with Crippen LogP contribution in [0.5, 0.6) is 0 Å². The highest BCUT2D eigenvalue weighted by molar-refractivity contribution is 6.29. The third kappa shape index (κ3) is 1.84. The Kier molecular flexibility index (Phi) is 2.75. The largest absolute Gasteiger partial charge is 0.377 e. The van der Waals surface area contributed by atoms with E-state index in [0.717, 1.165) is 37.9 Å². The summed E-state index contributed by atoms with van der Waals surface area (Å²) in [5, 5.41) is 0.534. The zero-order chi connectivity index (χ0) is 13.9. The highest BCUT2D eigenvalue weighted by Gasteiger charge is 2.52. The molecule has 0 aromatic carbocycles. The lowest BCUT2D eigenvalue weighted by Gasteiger charge is -2.50. The molecule has 2 bridgehead atoms. The SMILES string of the molecule is Cc1nc(Cl)cc(N2C[C@@H]3C[C@H]2CN3C2(C)COC2)n1. The van der Waals surface area contributed by atoms with Gasteiger partial charge in [0.2, 0.25) is 0 Å². The minimum absolute atomic E-state index is 0.255. The number of aromatic nitrogens is 2. The molecule has 3 saturated heterocycles. The number of ether oxygens (including phenoxy) is 1. The van der Waals surface area contributed by atoms with Crippen molar-refractivity contribution < 1.29 is 4.74 Å². The van der Waals surface area contributed by atoms with Gasteiger partial charge >= 0.3 is 0 Å². The van der Waals surface area contributed by atoms with E-state index in [9.17, 15) is 0 Å². The van der Waals surface area contributed by atoms with E-state index in [1.165, 1.54) is 6.42 Å². The summed E-state index contributed by atoms with van der Waals surface area (Å²) in [6, 6.07) is 3.04. The van der Waals surface area contributed by atoms with Crippen LogP contribution in [0, 0.1) is 6.92 Å². The Morgan fingerprint density at radius 2 is 2.10 bits per heavy atom. The summed E-state index contributed by atoms with van der Waals surface area (Å²) < 4.78 is 5.41. The van der Waals surface area contributed by atoms with Crippen LogP contribution in [-0.2, 0) is 4.74 Å². The zero-order valence-electron chi connectivity index (χ0n) is 11.8. The van der Waals surface area contributed by atoms with Gasteiger partial charge in [-0.3, -0.25) is 4.90 Å². The minimum Gasteiger partial charge on any atom is -0.377 e. The Labute approximate surface area is 123 Å². The van der Waals surface area contributed by atoms with Crippen LogP contribution in [0.1, 0.15) is 19.2 Å². The maximum atomic E-state index is 6.06. The van der Waals surface area contributed by atoms with Gasteiger partial charge in [0.15, 0.2) is 0 Å². The van der Waals surface area contributed by atoms with Crippen molar-refractivity contribution in [1.29, 1.82) is 0 Å². The van der Waals surface area contributed by atoms with Crippen molar-refractivity contribution in [2.75, 3.05) is 31.2 Å². The van der Waals surface area contributed by atoms with Crippen LogP contribution in [-0.4, -0.2) is 58.8 Å². The highest BCUT2D eigenvalue weighted by Crippen LogP contribution is 2.40. The molecule has 3 aliphatic heterocycles. The molecule has 6 heteroatoms.